The van der Waals surface area contributed by atoms with E-state index >= 15 is 0 Å². The number of hydrogen-bond donors (Lipinski definition) is 0. The molecule has 0 aromatic carbocycles. The molecule has 0 spiro atoms. The van der Waals surface area contributed by atoms with Crippen LogP contribution in [-0.4, -0.2) is 29.1 Å². The Balaban J connectivity index is 0.000000963. The Bertz CT molecular complexity index is 317. The van der Waals surface area contributed by atoms with Gasteiger partial charge in [0.05, 0.1) is 19.6 Å². The molecule has 0 N–H and O–H groups in total. The highest BCUT2D eigenvalue weighted by Gasteiger charge is 2.39. The van der Waals surface area contributed by atoms with E-state index in [-0.39, 0.29) is 12.4 Å². The molecule has 2 nitrogen and oxygen atoms in total. The third kappa shape index (κ3) is 2.23. The fourth-order valence-corrected chi connectivity index (χ4v) is 3.25. The second-order valence-electron chi connectivity index (χ2n) is 5.26. The summed E-state index contributed by atoms with van der Waals surface area (Å²) in [6, 6.07) is 4.35. The van der Waals surface area contributed by atoms with Gasteiger partial charge in [0.2, 0.25) is 0 Å². The van der Waals surface area contributed by atoms with E-state index in [0.29, 0.717) is 0 Å². The molecule has 0 unspecified atom stereocenters. The van der Waals surface area contributed by atoms with Gasteiger partial charge in [0.15, 0.2) is 0 Å². The minimum absolute atomic E-state index is 0. The Kier molecular flexibility index (Phi) is 3.50. The van der Waals surface area contributed by atoms with Crippen LogP contribution in [0.1, 0.15) is 24.8 Å². The van der Waals surface area contributed by atoms with Crippen molar-refractivity contribution in [2.45, 2.75) is 25.8 Å². The van der Waals surface area contributed by atoms with E-state index in [1.165, 1.54) is 55.5 Å². The zero-order valence-electron chi connectivity index (χ0n) is 9.61. The number of rotatable bonds is 2. The van der Waals surface area contributed by atoms with E-state index in [1.54, 1.807) is 0 Å². The molecule has 4 heterocycles. The summed E-state index contributed by atoms with van der Waals surface area (Å²) < 4.78 is 1.35. The first kappa shape index (κ1) is 11.9. The van der Waals surface area contributed by atoms with Crippen molar-refractivity contribution < 1.29 is 16.9 Å². The van der Waals surface area contributed by atoms with Gasteiger partial charge in [-0.3, -0.25) is 4.98 Å². The number of nitrogens with zero attached hydrogens (tertiary/aromatic N) is 2. The number of pyridine rings is 1. The Hall–Kier alpha value is -0.600. The lowest BCUT2D eigenvalue weighted by Crippen LogP contribution is -3.00. The first-order valence-electron chi connectivity index (χ1n) is 6.10. The van der Waals surface area contributed by atoms with Gasteiger partial charge in [0, 0.05) is 18.0 Å². The third-order valence-corrected chi connectivity index (χ3v) is 4.30. The Morgan fingerprint density at radius 3 is 2.19 bits per heavy atom. The average molecular weight is 239 g/mol. The summed E-state index contributed by atoms with van der Waals surface area (Å²) in [5.41, 5.74) is 1.46. The third-order valence-electron chi connectivity index (χ3n) is 4.30. The normalized spacial score (nSPS) is 32.1. The van der Waals surface area contributed by atoms with Crippen LogP contribution in [0.5, 0.6) is 0 Å². The van der Waals surface area contributed by atoms with Crippen LogP contribution < -0.4 is 12.4 Å². The van der Waals surface area contributed by atoms with Gasteiger partial charge in [-0.2, -0.15) is 0 Å². The lowest BCUT2D eigenvalue weighted by molar-refractivity contribution is -0.955. The topological polar surface area (TPSA) is 12.9 Å². The molecule has 3 fully saturated rings. The van der Waals surface area contributed by atoms with Crippen molar-refractivity contribution in [3.05, 3.63) is 30.1 Å². The van der Waals surface area contributed by atoms with Crippen LogP contribution in [0.2, 0.25) is 0 Å². The first-order valence-corrected chi connectivity index (χ1v) is 6.10. The average Bonchev–Trinajstić information content (AvgIpc) is 2.32. The number of aromatic nitrogens is 1. The van der Waals surface area contributed by atoms with Gasteiger partial charge in [-0.1, -0.05) is 0 Å². The molecule has 0 saturated carbocycles. The van der Waals surface area contributed by atoms with Gasteiger partial charge in [0.25, 0.3) is 0 Å². The van der Waals surface area contributed by atoms with Crippen molar-refractivity contribution in [2.75, 3.05) is 19.6 Å². The minimum Gasteiger partial charge on any atom is -1.00 e. The summed E-state index contributed by atoms with van der Waals surface area (Å²) in [6.45, 7) is 5.46. The van der Waals surface area contributed by atoms with Crippen molar-refractivity contribution in [3.8, 4) is 0 Å². The summed E-state index contributed by atoms with van der Waals surface area (Å²) in [4.78, 5) is 4.09. The molecule has 3 aliphatic heterocycles. The maximum Gasteiger partial charge on any atom is 0.104 e. The number of hydrogen-bond acceptors (Lipinski definition) is 1. The van der Waals surface area contributed by atoms with E-state index in [0.717, 1.165) is 5.92 Å². The van der Waals surface area contributed by atoms with E-state index < -0.39 is 0 Å². The Morgan fingerprint density at radius 2 is 1.62 bits per heavy atom. The highest BCUT2D eigenvalue weighted by molar-refractivity contribution is 5.08. The SMILES string of the molecule is [Cl-].c1cc(C[N+]23CCC(CC2)CC3)ccn1. The van der Waals surface area contributed by atoms with Crippen LogP contribution in [0, 0.1) is 5.92 Å². The molecule has 0 atom stereocenters. The minimum atomic E-state index is 0. The molecule has 1 aromatic rings. The molecule has 0 aliphatic carbocycles. The molecule has 1 aromatic heterocycles. The Labute approximate surface area is 104 Å². The van der Waals surface area contributed by atoms with Gasteiger partial charge in [0.1, 0.15) is 6.54 Å². The van der Waals surface area contributed by atoms with Crippen molar-refractivity contribution in [2.24, 2.45) is 5.92 Å². The van der Waals surface area contributed by atoms with E-state index in [9.17, 15) is 0 Å². The predicted octanol–water partition coefficient (Wildman–Crippen LogP) is -0.784. The summed E-state index contributed by atoms with van der Waals surface area (Å²) in [7, 11) is 0. The largest absolute Gasteiger partial charge is 1.00 e. The number of quaternary nitrogens is 1. The molecule has 0 radical (unpaired) electrons. The molecule has 3 heteroatoms. The lowest BCUT2D eigenvalue weighted by Gasteiger charge is -2.49. The quantitative estimate of drug-likeness (QED) is 0.616. The first-order chi connectivity index (χ1) is 7.36. The van der Waals surface area contributed by atoms with Crippen molar-refractivity contribution in [1.82, 2.24) is 4.98 Å². The zero-order chi connectivity index (χ0) is 10.1. The molecular formula is C13H19ClN2. The molecule has 16 heavy (non-hydrogen) atoms. The van der Waals surface area contributed by atoms with Crippen molar-refractivity contribution >= 4 is 0 Å². The molecule has 2 bridgehead atoms. The second kappa shape index (κ2) is 4.72. The lowest BCUT2D eigenvalue weighted by atomic mass is 9.85. The van der Waals surface area contributed by atoms with Crippen LogP contribution in [0.15, 0.2) is 24.5 Å². The highest BCUT2D eigenvalue weighted by atomic mass is 35.5. The maximum atomic E-state index is 4.09. The van der Waals surface area contributed by atoms with E-state index in [4.69, 9.17) is 0 Å². The maximum absolute atomic E-state index is 4.09. The summed E-state index contributed by atoms with van der Waals surface area (Å²) in [5, 5.41) is 0. The van der Waals surface area contributed by atoms with Crippen LogP contribution in [0.25, 0.3) is 0 Å². The molecule has 4 rings (SSSR count). The predicted molar refractivity (Wildman–Crippen MR) is 60.1 cm³/mol. The zero-order valence-corrected chi connectivity index (χ0v) is 10.4. The van der Waals surface area contributed by atoms with Crippen LogP contribution >= 0.6 is 0 Å². The summed E-state index contributed by atoms with van der Waals surface area (Å²) in [6.07, 6.45) is 8.23. The monoisotopic (exact) mass is 238 g/mol. The summed E-state index contributed by atoms with van der Waals surface area (Å²) in [5.74, 6) is 1.06. The molecule has 0 amide bonds. The molecule has 88 valence electrons. The number of halogens is 1. The molecule has 3 saturated heterocycles. The van der Waals surface area contributed by atoms with Crippen LogP contribution in [-0.2, 0) is 6.54 Å². The van der Waals surface area contributed by atoms with Gasteiger partial charge < -0.3 is 16.9 Å². The van der Waals surface area contributed by atoms with E-state index in [2.05, 4.69) is 17.1 Å². The number of piperidine rings is 3. The van der Waals surface area contributed by atoms with E-state index in [1.807, 2.05) is 12.4 Å². The highest BCUT2D eigenvalue weighted by Crippen LogP contribution is 2.34. The fourth-order valence-electron chi connectivity index (χ4n) is 3.25. The standard InChI is InChI=1S/C13H19N2.ClH/c1-6-14-7-2-13(1)11-15-8-3-12(4-9-15)5-10-15;/h1-2,6-7,12H,3-5,8-11H2;1H/q+1;/p-1. The van der Waals surface area contributed by atoms with Crippen molar-refractivity contribution in [1.29, 1.82) is 0 Å². The van der Waals surface area contributed by atoms with Gasteiger partial charge in [-0.25, -0.2) is 0 Å². The van der Waals surface area contributed by atoms with Crippen LogP contribution in [0.3, 0.4) is 0 Å². The van der Waals surface area contributed by atoms with Crippen molar-refractivity contribution in [3.63, 3.8) is 0 Å². The summed E-state index contributed by atoms with van der Waals surface area (Å²) >= 11 is 0. The van der Waals surface area contributed by atoms with Crippen LogP contribution in [0.4, 0.5) is 0 Å². The van der Waals surface area contributed by atoms with Gasteiger partial charge >= 0.3 is 0 Å². The Morgan fingerprint density at radius 1 is 1.06 bits per heavy atom. The molecule has 3 aliphatic rings. The number of fused-ring (bicyclic) bond motifs is 3. The van der Waals surface area contributed by atoms with Gasteiger partial charge in [-0.05, 0) is 37.3 Å². The smallest absolute Gasteiger partial charge is 0.104 e. The second-order valence-corrected chi connectivity index (χ2v) is 5.26. The molecular weight excluding hydrogens is 220 g/mol. The van der Waals surface area contributed by atoms with Gasteiger partial charge in [-0.15, -0.1) is 0 Å². The fraction of sp³-hybridized carbons (Fsp3) is 0.615.